The summed E-state index contributed by atoms with van der Waals surface area (Å²) < 4.78 is 60.0. The zero-order chi connectivity index (χ0) is 17.8. The van der Waals surface area contributed by atoms with Crippen LogP contribution in [0.15, 0.2) is 12.1 Å². The molecule has 0 atom stereocenters. The molecule has 2 N–H and O–H groups in total. The van der Waals surface area contributed by atoms with E-state index >= 15 is 0 Å². The van der Waals surface area contributed by atoms with E-state index in [9.17, 15) is 21.6 Å². The van der Waals surface area contributed by atoms with E-state index in [1.165, 1.54) is 20.3 Å². The second kappa shape index (κ2) is 6.97. The van der Waals surface area contributed by atoms with Crippen LogP contribution >= 0.6 is 0 Å². The van der Waals surface area contributed by atoms with E-state index in [2.05, 4.69) is 4.98 Å². The van der Waals surface area contributed by atoms with Gasteiger partial charge in [-0.25, -0.2) is 22.7 Å². The lowest BCUT2D eigenvalue weighted by atomic mass is 10.4. The number of rotatable bonds is 6. The highest BCUT2D eigenvalue weighted by Gasteiger charge is 2.32. The lowest BCUT2D eigenvalue weighted by molar-refractivity contribution is 0.254. The van der Waals surface area contributed by atoms with Crippen molar-refractivity contribution in [1.29, 1.82) is 0 Å². The van der Waals surface area contributed by atoms with E-state index in [0.717, 1.165) is 13.1 Å². The van der Waals surface area contributed by atoms with Gasteiger partial charge in [0.2, 0.25) is 15.9 Å². The summed E-state index contributed by atoms with van der Waals surface area (Å²) in [7, 11) is -4.76. The first kappa shape index (κ1) is 18.9. The van der Waals surface area contributed by atoms with Gasteiger partial charge in [0.05, 0.1) is 20.5 Å². The average Bonchev–Trinajstić information content (AvgIpc) is 2.44. The first-order chi connectivity index (χ1) is 10.5. The fourth-order valence-corrected chi connectivity index (χ4v) is 2.67. The summed E-state index contributed by atoms with van der Waals surface area (Å²) in [6, 6.07) is 1.03. The molecule has 0 aliphatic carbocycles. The number of methoxy groups -OCH3 is 2. The molecule has 23 heavy (non-hydrogen) atoms. The Kier molecular flexibility index (Phi) is 5.74. The lowest BCUT2D eigenvalue weighted by Crippen LogP contribution is -2.49. The van der Waals surface area contributed by atoms with Gasteiger partial charge in [-0.3, -0.25) is 0 Å². The molecule has 0 spiro atoms. The first-order valence-electron chi connectivity index (χ1n) is 5.89. The van der Waals surface area contributed by atoms with Gasteiger partial charge in [-0.1, -0.05) is 0 Å². The summed E-state index contributed by atoms with van der Waals surface area (Å²) in [6.07, 6.45) is 0.703. The number of aromatic nitrogens is 1. The van der Waals surface area contributed by atoms with Gasteiger partial charge in [-0.2, -0.15) is 17.7 Å². The van der Waals surface area contributed by atoms with Crippen LogP contribution in [-0.2, 0) is 20.2 Å². The van der Waals surface area contributed by atoms with Crippen molar-refractivity contribution in [3.05, 3.63) is 12.1 Å². The average molecular weight is 368 g/mol. The lowest BCUT2D eigenvalue weighted by Gasteiger charge is -2.21. The molecule has 0 aliphatic heterocycles. The monoisotopic (exact) mass is 368 g/mol. The van der Waals surface area contributed by atoms with E-state index in [1.807, 2.05) is 4.72 Å². The zero-order valence-corrected chi connectivity index (χ0v) is 14.4. The SMILES string of the molecule is CNS(=O)(=O)N(C(=O)NS(C)(=O)=O)c1cc(OC)cc(OC)n1. The third-order valence-electron chi connectivity index (χ3n) is 2.37. The van der Waals surface area contributed by atoms with E-state index in [4.69, 9.17) is 9.47 Å². The molecule has 1 aromatic rings. The second-order valence-electron chi connectivity index (χ2n) is 4.06. The van der Waals surface area contributed by atoms with Crippen LogP contribution in [0.5, 0.6) is 11.6 Å². The maximum atomic E-state index is 12.1. The summed E-state index contributed by atoms with van der Waals surface area (Å²) in [5.74, 6) is -0.310. The van der Waals surface area contributed by atoms with Crippen molar-refractivity contribution in [1.82, 2.24) is 14.4 Å². The van der Waals surface area contributed by atoms with Gasteiger partial charge in [0, 0.05) is 19.2 Å². The third-order valence-corrected chi connectivity index (χ3v) is 4.27. The van der Waals surface area contributed by atoms with Crippen molar-refractivity contribution in [3.8, 4) is 11.6 Å². The van der Waals surface area contributed by atoms with Gasteiger partial charge in [-0.05, 0) is 0 Å². The van der Waals surface area contributed by atoms with Crippen LogP contribution in [0.2, 0.25) is 0 Å². The minimum absolute atomic E-state index is 0.0391. The molecule has 0 saturated carbocycles. The number of ether oxygens (including phenoxy) is 2. The van der Waals surface area contributed by atoms with Gasteiger partial charge in [0.25, 0.3) is 0 Å². The fourth-order valence-electron chi connectivity index (χ4n) is 1.42. The Hall–Kier alpha value is -2.12. The Morgan fingerprint density at radius 3 is 2.22 bits per heavy atom. The van der Waals surface area contributed by atoms with Crippen molar-refractivity contribution < 1.29 is 31.1 Å². The highest BCUT2D eigenvalue weighted by molar-refractivity contribution is 7.92. The molecule has 130 valence electrons. The molecular formula is C10H16N4O7S2. The summed E-state index contributed by atoms with van der Waals surface area (Å²) in [4.78, 5) is 15.9. The van der Waals surface area contributed by atoms with Gasteiger partial charge in [0.15, 0.2) is 5.82 Å². The Bertz CT molecular complexity index is 769. The molecule has 0 unspecified atom stereocenters. The molecule has 1 aromatic heterocycles. The number of hydrogen-bond acceptors (Lipinski definition) is 8. The number of nitrogens with zero attached hydrogens (tertiary/aromatic N) is 2. The molecule has 13 heteroatoms. The standard InChI is InChI=1S/C10H16N4O7S2/c1-11-23(18,19)14(10(15)13-22(4,16)17)8-5-7(20-2)6-9(12-8)21-3/h5-6,11H,1-4H3,(H,13,15). The molecule has 0 aromatic carbocycles. The molecule has 2 amide bonds. The number of hydrogen-bond donors (Lipinski definition) is 2. The molecule has 1 rings (SSSR count). The largest absolute Gasteiger partial charge is 0.496 e. The van der Waals surface area contributed by atoms with Crippen LogP contribution < -0.4 is 23.2 Å². The zero-order valence-electron chi connectivity index (χ0n) is 12.7. The Balaban J connectivity index is 3.50. The van der Waals surface area contributed by atoms with E-state index < -0.39 is 32.1 Å². The maximum Gasteiger partial charge on any atom is 0.351 e. The smallest absolute Gasteiger partial charge is 0.351 e. The van der Waals surface area contributed by atoms with Crippen molar-refractivity contribution in [2.75, 3.05) is 31.8 Å². The molecule has 11 nitrogen and oxygen atoms in total. The molecule has 0 saturated heterocycles. The van der Waals surface area contributed by atoms with Crippen LogP contribution in [0.3, 0.4) is 0 Å². The van der Waals surface area contributed by atoms with E-state index in [0.29, 0.717) is 6.26 Å². The molecule has 0 aliphatic rings. The summed E-state index contributed by atoms with van der Waals surface area (Å²) in [5, 5.41) is 0. The van der Waals surface area contributed by atoms with E-state index in [1.54, 1.807) is 4.72 Å². The third kappa shape index (κ3) is 4.94. The van der Waals surface area contributed by atoms with Crippen molar-refractivity contribution in [3.63, 3.8) is 0 Å². The molecule has 0 bridgehead atoms. The molecule has 0 radical (unpaired) electrons. The van der Waals surface area contributed by atoms with Crippen molar-refractivity contribution in [2.45, 2.75) is 0 Å². The normalized spacial score (nSPS) is 11.7. The summed E-state index contributed by atoms with van der Waals surface area (Å²) >= 11 is 0. The topological polar surface area (TPSA) is 144 Å². The van der Waals surface area contributed by atoms with Crippen LogP contribution in [0.4, 0.5) is 10.6 Å². The first-order valence-corrected chi connectivity index (χ1v) is 9.23. The minimum Gasteiger partial charge on any atom is -0.496 e. The molecular weight excluding hydrogens is 352 g/mol. The Morgan fingerprint density at radius 1 is 1.17 bits per heavy atom. The number of carbonyl (C=O) groups is 1. The number of nitrogens with one attached hydrogen (secondary N) is 2. The predicted octanol–water partition coefficient (Wildman–Crippen LogP) is -0.961. The maximum absolute atomic E-state index is 12.1. The second-order valence-corrected chi connectivity index (χ2v) is 7.53. The number of amides is 2. The summed E-state index contributed by atoms with van der Waals surface area (Å²) in [5.41, 5.74) is 0. The summed E-state index contributed by atoms with van der Waals surface area (Å²) in [6.45, 7) is 0. The molecule has 0 fully saturated rings. The Labute approximate surface area is 133 Å². The van der Waals surface area contributed by atoms with Gasteiger partial charge in [0.1, 0.15) is 5.75 Å². The molecule has 1 heterocycles. The number of pyridine rings is 1. The number of urea groups is 1. The van der Waals surface area contributed by atoms with Crippen molar-refractivity contribution in [2.24, 2.45) is 0 Å². The number of carbonyl (C=O) groups excluding carboxylic acids is 1. The Morgan fingerprint density at radius 2 is 1.78 bits per heavy atom. The minimum atomic E-state index is -4.40. The van der Waals surface area contributed by atoms with Crippen LogP contribution in [0, 0.1) is 0 Å². The highest BCUT2D eigenvalue weighted by atomic mass is 32.2. The number of sulfonamides is 1. The fraction of sp³-hybridized carbons (Fsp3) is 0.400. The quantitative estimate of drug-likeness (QED) is 0.653. The van der Waals surface area contributed by atoms with Crippen molar-refractivity contribution >= 4 is 32.1 Å². The van der Waals surface area contributed by atoms with E-state index in [-0.39, 0.29) is 15.9 Å². The highest BCUT2D eigenvalue weighted by Crippen LogP contribution is 2.26. The van der Waals surface area contributed by atoms with Crippen LogP contribution in [0.1, 0.15) is 0 Å². The number of anilines is 1. The van der Waals surface area contributed by atoms with Gasteiger partial charge < -0.3 is 9.47 Å². The predicted molar refractivity (Wildman–Crippen MR) is 81.2 cm³/mol. The van der Waals surface area contributed by atoms with Gasteiger partial charge >= 0.3 is 16.2 Å². The van der Waals surface area contributed by atoms with Gasteiger partial charge in [-0.15, -0.1) is 0 Å². The van der Waals surface area contributed by atoms with Crippen LogP contribution in [-0.4, -0.2) is 55.4 Å². The van der Waals surface area contributed by atoms with Crippen LogP contribution in [0.25, 0.3) is 0 Å².